The van der Waals surface area contributed by atoms with Crippen molar-refractivity contribution in [3.05, 3.63) is 47.0 Å². The van der Waals surface area contributed by atoms with E-state index >= 15 is 0 Å². The lowest BCUT2D eigenvalue weighted by atomic mass is 9.77. The van der Waals surface area contributed by atoms with Crippen molar-refractivity contribution in [2.24, 2.45) is 7.05 Å². The van der Waals surface area contributed by atoms with Gasteiger partial charge in [0, 0.05) is 7.05 Å². The second-order valence-corrected chi connectivity index (χ2v) is 4.90. The average Bonchev–Trinajstić information content (AvgIpc) is 2.69. The number of nitrogens with zero attached hydrogens (tertiary/aromatic N) is 3. The third-order valence-corrected chi connectivity index (χ3v) is 3.77. The Labute approximate surface area is 111 Å². The SMILES string of the molecule is Cc1nnc(CNC(=O)C2Cc3ccccc32)n1C. The van der Waals surface area contributed by atoms with Crippen LogP contribution in [-0.2, 0) is 24.8 Å². The highest BCUT2D eigenvalue weighted by molar-refractivity contribution is 5.86. The van der Waals surface area contributed by atoms with E-state index in [4.69, 9.17) is 0 Å². The Hall–Kier alpha value is -2.17. The lowest BCUT2D eigenvalue weighted by molar-refractivity contribution is -0.123. The quantitative estimate of drug-likeness (QED) is 0.894. The molecule has 0 saturated heterocycles. The topological polar surface area (TPSA) is 59.8 Å². The number of fused-ring (bicyclic) bond motifs is 1. The molecule has 2 aromatic rings. The fraction of sp³-hybridized carbons (Fsp3) is 0.357. The van der Waals surface area contributed by atoms with Gasteiger partial charge in [-0.2, -0.15) is 0 Å². The highest BCUT2D eigenvalue weighted by Gasteiger charge is 2.31. The molecule has 98 valence electrons. The van der Waals surface area contributed by atoms with Crippen molar-refractivity contribution in [3.63, 3.8) is 0 Å². The fourth-order valence-electron chi connectivity index (χ4n) is 2.39. The summed E-state index contributed by atoms with van der Waals surface area (Å²) in [6.45, 7) is 2.31. The van der Waals surface area contributed by atoms with E-state index in [-0.39, 0.29) is 11.8 Å². The molecule has 5 nitrogen and oxygen atoms in total. The molecule has 1 amide bonds. The van der Waals surface area contributed by atoms with Crippen molar-refractivity contribution in [2.75, 3.05) is 0 Å². The number of hydrogen-bond acceptors (Lipinski definition) is 3. The molecule has 1 aliphatic rings. The minimum absolute atomic E-state index is 0.00877. The molecule has 1 heterocycles. The summed E-state index contributed by atoms with van der Waals surface area (Å²) in [7, 11) is 1.90. The number of benzene rings is 1. The van der Waals surface area contributed by atoms with Crippen LogP contribution < -0.4 is 5.32 Å². The van der Waals surface area contributed by atoms with Gasteiger partial charge in [0.05, 0.1) is 12.5 Å². The first-order valence-corrected chi connectivity index (χ1v) is 6.37. The summed E-state index contributed by atoms with van der Waals surface area (Å²) in [4.78, 5) is 12.1. The maximum Gasteiger partial charge on any atom is 0.228 e. The van der Waals surface area contributed by atoms with E-state index in [0.29, 0.717) is 6.54 Å². The largest absolute Gasteiger partial charge is 0.348 e. The second-order valence-electron chi connectivity index (χ2n) is 4.90. The van der Waals surface area contributed by atoms with Crippen molar-refractivity contribution in [1.29, 1.82) is 0 Å². The first-order valence-electron chi connectivity index (χ1n) is 6.37. The Morgan fingerprint density at radius 3 is 2.89 bits per heavy atom. The molecule has 1 unspecified atom stereocenters. The summed E-state index contributed by atoms with van der Waals surface area (Å²) in [5.41, 5.74) is 2.42. The van der Waals surface area contributed by atoms with E-state index in [1.807, 2.05) is 36.7 Å². The van der Waals surface area contributed by atoms with Gasteiger partial charge in [-0.25, -0.2) is 0 Å². The van der Waals surface area contributed by atoms with Gasteiger partial charge in [0.15, 0.2) is 5.82 Å². The number of carbonyl (C=O) groups is 1. The molecule has 0 aliphatic heterocycles. The molecule has 3 rings (SSSR count). The van der Waals surface area contributed by atoms with E-state index in [9.17, 15) is 4.79 Å². The number of aromatic nitrogens is 3. The van der Waals surface area contributed by atoms with Gasteiger partial charge in [-0.3, -0.25) is 4.79 Å². The predicted octanol–water partition coefficient (Wildman–Crippen LogP) is 1.08. The summed E-state index contributed by atoms with van der Waals surface area (Å²) in [6.07, 6.45) is 0.833. The highest BCUT2D eigenvalue weighted by Crippen LogP contribution is 2.34. The molecule has 0 bridgehead atoms. The van der Waals surface area contributed by atoms with Gasteiger partial charge in [0.25, 0.3) is 0 Å². The van der Waals surface area contributed by atoms with Crippen molar-refractivity contribution in [3.8, 4) is 0 Å². The van der Waals surface area contributed by atoms with Crippen LogP contribution in [-0.4, -0.2) is 20.7 Å². The van der Waals surface area contributed by atoms with E-state index < -0.39 is 0 Å². The number of amides is 1. The predicted molar refractivity (Wildman–Crippen MR) is 70.5 cm³/mol. The van der Waals surface area contributed by atoms with Crippen LogP contribution in [0.3, 0.4) is 0 Å². The summed E-state index contributed by atoms with van der Waals surface area (Å²) in [6, 6.07) is 8.08. The van der Waals surface area contributed by atoms with Crippen LogP contribution in [0.15, 0.2) is 24.3 Å². The minimum Gasteiger partial charge on any atom is -0.348 e. The molecule has 0 radical (unpaired) electrons. The first kappa shape index (κ1) is 11.9. The third-order valence-electron chi connectivity index (χ3n) is 3.77. The Kier molecular flexibility index (Phi) is 2.81. The van der Waals surface area contributed by atoms with Crippen molar-refractivity contribution < 1.29 is 4.79 Å². The van der Waals surface area contributed by atoms with Crippen molar-refractivity contribution in [1.82, 2.24) is 20.1 Å². The van der Waals surface area contributed by atoms with Crippen LogP contribution >= 0.6 is 0 Å². The van der Waals surface area contributed by atoms with Gasteiger partial charge in [-0.05, 0) is 24.5 Å². The molecule has 1 aliphatic carbocycles. The normalized spacial score (nSPS) is 16.6. The van der Waals surface area contributed by atoms with E-state index in [0.717, 1.165) is 23.6 Å². The van der Waals surface area contributed by atoms with Crippen molar-refractivity contribution >= 4 is 5.91 Å². The van der Waals surface area contributed by atoms with Gasteiger partial charge in [0.2, 0.25) is 5.91 Å². The minimum atomic E-state index is -0.00877. The number of rotatable bonds is 3. The third kappa shape index (κ3) is 2.01. The summed E-state index contributed by atoms with van der Waals surface area (Å²) in [5, 5.41) is 10.9. The highest BCUT2D eigenvalue weighted by atomic mass is 16.1. The van der Waals surface area contributed by atoms with Crippen molar-refractivity contribution in [2.45, 2.75) is 25.8 Å². The fourth-order valence-corrected chi connectivity index (χ4v) is 2.39. The number of nitrogens with one attached hydrogen (secondary N) is 1. The number of hydrogen-bond donors (Lipinski definition) is 1. The molecule has 0 spiro atoms. The van der Waals surface area contributed by atoms with Crippen LogP contribution in [0.5, 0.6) is 0 Å². The molecule has 5 heteroatoms. The van der Waals surface area contributed by atoms with Crippen LogP contribution in [0.4, 0.5) is 0 Å². The molecule has 0 saturated carbocycles. The zero-order valence-corrected chi connectivity index (χ0v) is 11.1. The average molecular weight is 256 g/mol. The van der Waals surface area contributed by atoms with Gasteiger partial charge in [0.1, 0.15) is 5.82 Å². The molecular weight excluding hydrogens is 240 g/mol. The van der Waals surface area contributed by atoms with Crippen LogP contribution in [0.1, 0.15) is 28.7 Å². The van der Waals surface area contributed by atoms with Gasteiger partial charge in [-0.15, -0.1) is 10.2 Å². The zero-order valence-electron chi connectivity index (χ0n) is 11.1. The maximum absolute atomic E-state index is 12.1. The van der Waals surface area contributed by atoms with E-state index in [1.165, 1.54) is 5.56 Å². The standard InChI is InChI=1S/C14H16N4O/c1-9-16-17-13(18(9)2)8-15-14(19)12-7-10-5-3-4-6-11(10)12/h3-6,12H,7-8H2,1-2H3,(H,15,19). The van der Waals surface area contributed by atoms with Gasteiger partial charge >= 0.3 is 0 Å². The number of aryl methyl sites for hydroxylation is 1. The molecule has 1 atom stereocenters. The molecule has 1 aromatic carbocycles. The van der Waals surface area contributed by atoms with Crippen LogP contribution in [0.25, 0.3) is 0 Å². The van der Waals surface area contributed by atoms with Gasteiger partial charge in [-0.1, -0.05) is 24.3 Å². The molecule has 0 fully saturated rings. The molecule has 1 aromatic heterocycles. The van der Waals surface area contributed by atoms with E-state index in [2.05, 4.69) is 21.6 Å². The Balaban J connectivity index is 1.63. The lowest BCUT2D eigenvalue weighted by Crippen LogP contribution is -2.35. The lowest BCUT2D eigenvalue weighted by Gasteiger charge is -2.28. The Morgan fingerprint density at radius 2 is 2.21 bits per heavy atom. The Bertz CT molecular complexity index is 632. The monoisotopic (exact) mass is 256 g/mol. The first-order chi connectivity index (χ1) is 9.16. The van der Waals surface area contributed by atoms with Gasteiger partial charge < -0.3 is 9.88 Å². The molecular formula is C14H16N4O. The molecule has 1 N–H and O–H groups in total. The smallest absolute Gasteiger partial charge is 0.228 e. The van der Waals surface area contributed by atoms with Crippen LogP contribution in [0.2, 0.25) is 0 Å². The second kappa shape index (κ2) is 4.50. The summed E-state index contributed by atoms with van der Waals surface area (Å²) >= 11 is 0. The van der Waals surface area contributed by atoms with E-state index in [1.54, 1.807) is 0 Å². The Morgan fingerprint density at radius 1 is 1.42 bits per heavy atom. The summed E-state index contributed by atoms with van der Waals surface area (Å²) < 4.78 is 1.88. The zero-order chi connectivity index (χ0) is 13.4. The summed E-state index contributed by atoms with van der Waals surface area (Å²) in [5.74, 6) is 1.68. The molecule has 19 heavy (non-hydrogen) atoms. The number of carbonyl (C=O) groups excluding carboxylic acids is 1. The maximum atomic E-state index is 12.1. The van der Waals surface area contributed by atoms with Crippen LogP contribution in [0, 0.1) is 6.92 Å².